The number of carbonyl (C=O) groups is 1. The molecular weight excluding hydrogens is 314 g/mol. The molecule has 1 aliphatic heterocycles. The molecule has 0 radical (unpaired) electrons. The summed E-state index contributed by atoms with van der Waals surface area (Å²) >= 11 is 0. The van der Waals surface area contributed by atoms with Gasteiger partial charge in [0.1, 0.15) is 5.75 Å². The zero-order valence-electron chi connectivity index (χ0n) is 15.1. The van der Waals surface area contributed by atoms with E-state index in [-0.39, 0.29) is 5.91 Å². The van der Waals surface area contributed by atoms with Crippen molar-refractivity contribution in [3.63, 3.8) is 0 Å². The van der Waals surface area contributed by atoms with Crippen LogP contribution in [-0.2, 0) is 0 Å². The summed E-state index contributed by atoms with van der Waals surface area (Å²) in [6.45, 7) is 7.37. The van der Waals surface area contributed by atoms with Crippen molar-refractivity contribution in [1.29, 1.82) is 0 Å². The van der Waals surface area contributed by atoms with Gasteiger partial charge in [-0.15, -0.1) is 0 Å². The third-order valence-corrected chi connectivity index (χ3v) is 4.97. The predicted molar refractivity (Wildman–Crippen MR) is 97.9 cm³/mol. The van der Waals surface area contributed by atoms with E-state index >= 15 is 0 Å². The number of hydrogen-bond acceptors (Lipinski definition) is 4. The molecule has 2 aromatic rings. The summed E-state index contributed by atoms with van der Waals surface area (Å²) in [4.78, 5) is 21.3. The van der Waals surface area contributed by atoms with Crippen LogP contribution in [0, 0.1) is 6.92 Å². The Hall–Kier alpha value is -2.40. The van der Waals surface area contributed by atoms with E-state index in [9.17, 15) is 4.79 Å². The van der Waals surface area contributed by atoms with E-state index < -0.39 is 0 Å². The van der Waals surface area contributed by atoms with Crippen LogP contribution in [0.2, 0.25) is 0 Å². The fourth-order valence-corrected chi connectivity index (χ4v) is 3.28. The number of carbonyl (C=O) groups excluding carboxylic acids is 1. The minimum atomic E-state index is 0.0759. The third-order valence-electron chi connectivity index (χ3n) is 4.97. The predicted octanol–water partition coefficient (Wildman–Crippen LogP) is 2.92. The van der Waals surface area contributed by atoms with Gasteiger partial charge in [0.25, 0.3) is 5.91 Å². The first-order valence-corrected chi connectivity index (χ1v) is 8.68. The Kier molecular flexibility index (Phi) is 5.34. The number of aromatic nitrogens is 1. The Morgan fingerprint density at radius 1 is 1.20 bits per heavy atom. The van der Waals surface area contributed by atoms with Crippen molar-refractivity contribution in [3.8, 4) is 5.75 Å². The van der Waals surface area contributed by atoms with E-state index in [2.05, 4.69) is 22.9 Å². The molecule has 1 fully saturated rings. The number of ether oxygens (including phenoxy) is 1. The van der Waals surface area contributed by atoms with Gasteiger partial charge in [0.2, 0.25) is 0 Å². The molecule has 1 unspecified atom stereocenters. The van der Waals surface area contributed by atoms with Gasteiger partial charge in [0.05, 0.1) is 7.11 Å². The lowest BCUT2D eigenvalue weighted by atomic mass is 10.1. The Morgan fingerprint density at radius 2 is 1.96 bits per heavy atom. The maximum atomic E-state index is 12.8. The molecule has 1 aromatic heterocycles. The number of nitrogens with zero attached hydrogens (tertiary/aromatic N) is 3. The van der Waals surface area contributed by atoms with Gasteiger partial charge in [-0.05, 0) is 43.2 Å². The molecule has 0 bridgehead atoms. The number of piperazine rings is 1. The second-order valence-electron chi connectivity index (χ2n) is 6.47. The number of hydrogen-bond donors (Lipinski definition) is 0. The average molecular weight is 339 g/mol. The first-order chi connectivity index (χ1) is 12.1. The van der Waals surface area contributed by atoms with Crippen molar-refractivity contribution in [2.75, 3.05) is 33.3 Å². The molecule has 1 aromatic carbocycles. The molecule has 0 saturated carbocycles. The Labute approximate surface area is 149 Å². The van der Waals surface area contributed by atoms with Crippen LogP contribution in [0.5, 0.6) is 5.75 Å². The summed E-state index contributed by atoms with van der Waals surface area (Å²) in [6.07, 6.45) is 3.71. The molecule has 5 nitrogen and oxygen atoms in total. The second-order valence-corrected chi connectivity index (χ2v) is 6.47. The van der Waals surface area contributed by atoms with Gasteiger partial charge in [0.15, 0.2) is 0 Å². The van der Waals surface area contributed by atoms with Gasteiger partial charge in [-0.2, -0.15) is 0 Å². The number of benzene rings is 1. The highest BCUT2D eigenvalue weighted by Gasteiger charge is 2.25. The van der Waals surface area contributed by atoms with E-state index in [1.165, 1.54) is 5.56 Å². The molecule has 1 aliphatic rings. The van der Waals surface area contributed by atoms with E-state index in [0.717, 1.165) is 37.5 Å². The molecule has 132 valence electrons. The monoisotopic (exact) mass is 339 g/mol. The zero-order chi connectivity index (χ0) is 17.8. The van der Waals surface area contributed by atoms with Gasteiger partial charge in [-0.1, -0.05) is 12.1 Å². The van der Waals surface area contributed by atoms with Crippen LogP contribution in [0.25, 0.3) is 0 Å². The quantitative estimate of drug-likeness (QED) is 0.859. The van der Waals surface area contributed by atoms with E-state index in [0.29, 0.717) is 11.6 Å². The van der Waals surface area contributed by atoms with Crippen molar-refractivity contribution in [1.82, 2.24) is 14.8 Å². The maximum Gasteiger partial charge on any atom is 0.254 e. The molecule has 1 amide bonds. The Morgan fingerprint density at radius 3 is 2.60 bits per heavy atom. The first-order valence-electron chi connectivity index (χ1n) is 8.68. The lowest BCUT2D eigenvalue weighted by Crippen LogP contribution is -2.49. The van der Waals surface area contributed by atoms with Crippen LogP contribution in [0.4, 0.5) is 0 Å². The fraction of sp³-hybridized carbons (Fsp3) is 0.400. The minimum Gasteiger partial charge on any atom is -0.496 e. The minimum absolute atomic E-state index is 0.0759. The normalized spacial score (nSPS) is 16.5. The van der Waals surface area contributed by atoms with Crippen molar-refractivity contribution in [2.24, 2.45) is 0 Å². The van der Waals surface area contributed by atoms with Crippen molar-refractivity contribution < 1.29 is 9.53 Å². The number of methoxy groups -OCH3 is 1. The van der Waals surface area contributed by atoms with Gasteiger partial charge >= 0.3 is 0 Å². The van der Waals surface area contributed by atoms with Crippen LogP contribution >= 0.6 is 0 Å². The smallest absolute Gasteiger partial charge is 0.254 e. The molecule has 1 saturated heterocycles. The van der Waals surface area contributed by atoms with Crippen LogP contribution in [-0.4, -0.2) is 54.0 Å². The summed E-state index contributed by atoms with van der Waals surface area (Å²) in [7, 11) is 1.63. The second kappa shape index (κ2) is 7.66. The highest BCUT2D eigenvalue weighted by atomic mass is 16.5. The van der Waals surface area contributed by atoms with Crippen LogP contribution in [0.1, 0.15) is 34.5 Å². The molecule has 0 N–H and O–H groups in total. The number of amides is 1. The Balaban J connectivity index is 1.63. The molecule has 0 aliphatic carbocycles. The summed E-state index contributed by atoms with van der Waals surface area (Å²) in [5.74, 6) is 0.835. The third kappa shape index (κ3) is 3.82. The SMILES string of the molecule is COc1cc(C(=O)N2CCN(C(C)c3cccnc3)CC2)ccc1C. The van der Waals surface area contributed by atoms with E-state index in [1.807, 2.05) is 42.3 Å². The number of pyridine rings is 1. The van der Waals surface area contributed by atoms with Gasteiger partial charge in [-0.25, -0.2) is 0 Å². The standard InChI is InChI=1S/C20H25N3O2/c1-15-6-7-17(13-19(15)25-3)20(24)23-11-9-22(10-12-23)16(2)18-5-4-8-21-14-18/h4-8,13-14,16H,9-12H2,1-3H3. The van der Waals surface area contributed by atoms with Crippen LogP contribution < -0.4 is 4.74 Å². The molecular formula is C20H25N3O2. The molecule has 3 rings (SSSR count). The first kappa shape index (κ1) is 17.4. The average Bonchev–Trinajstić information content (AvgIpc) is 2.68. The molecule has 2 heterocycles. The Bertz CT molecular complexity index is 725. The van der Waals surface area contributed by atoms with Crippen LogP contribution in [0.15, 0.2) is 42.7 Å². The molecule has 0 spiro atoms. The summed E-state index contributed by atoms with van der Waals surface area (Å²) in [5, 5.41) is 0. The fourth-order valence-electron chi connectivity index (χ4n) is 3.28. The topological polar surface area (TPSA) is 45.7 Å². The van der Waals surface area contributed by atoms with Crippen molar-refractivity contribution >= 4 is 5.91 Å². The van der Waals surface area contributed by atoms with Crippen molar-refractivity contribution in [2.45, 2.75) is 19.9 Å². The van der Waals surface area contributed by atoms with Gasteiger partial charge in [-0.3, -0.25) is 14.7 Å². The lowest BCUT2D eigenvalue weighted by molar-refractivity contribution is 0.0581. The molecule has 5 heteroatoms. The molecule has 1 atom stereocenters. The van der Waals surface area contributed by atoms with E-state index in [4.69, 9.17) is 4.74 Å². The highest BCUT2D eigenvalue weighted by Crippen LogP contribution is 2.23. The largest absolute Gasteiger partial charge is 0.496 e. The van der Waals surface area contributed by atoms with Gasteiger partial charge < -0.3 is 9.64 Å². The summed E-state index contributed by atoms with van der Waals surface area (Å²) in [5.41, 5.74) is 2.94. The maximum absolute atomic E-state index is 12.8. The molecule has 25 heavy (non-hydrogen) atoms. The summed E-state index contributed by atoms with van der Waals surface area (Å²) < 4.78 is 5.34. The van der Waals surface area contributed by atoms with Crippen LogP contribution in [0.3, 0.4) is 0 Å². The summed E-state index contributed by atoms with van der Waals surface area (Å²) in [6, 6.07) is 10.0. The lowest BCUT2D eigenvalue weighted by Gasteiger charge is -2.38. The zero-order valence-corrected chi connectivity index (χ0v) is 15.1. The van der Waals surface area contributed by atoms with Crippen molar-refractivity contribution in [3.05, 3.63) is 59.4 Å². The van der Waals surface area contributed by atoms with Gasteiger partial charge in [0, 0.05) is 50.2 Å². The number of rotatable bonds is 4. The number of aryl methyl sites for hydroxylation is 1. The highest BCUT2D eigenvalue weighted by molar-refractivity contribution is 5.94. The van der Waals surface area contributed by atoms with E-state index in [1.54, 1.807) is 13.3 Å².